The van der Waals surface area contributed by atoms with Crippen LogP contribution in [0.25, 0.3) is 0 Å². The molecule has 2 rings (SSSR count). The fourth-order valence-corrected chi connectivity index (χ4v) is 3.54. The van der Waals surface area contributed by atoms with E-state index in [-0.39, 0.29) is 16.7 Å². The van der Waals surface area contributed by atoms with Crippen LogP contribution in [0.2, 0.25) is 0 Å². The van der Waals surface area contributed by atoms with E-state index in [0.29, 0.717) is 0 Å². The Morgan fingerprint density at radius 3 is 2.55 bits per heavy atom. The van der Waals surface area contributed by atoms with E-state index in [2.05, 4.69) is 9.62 Å². The second-order valence-corrected chi connectivity index (χ2v) is 6.71. The standard InChI is InChI=1S/C13H19FN2O3S/c1-16-7-5-10(6-8-16)15-20(17,18)11-3-4-13(19-2)12(14)9-11/h3-4,9-10,15H,5-8H2,1-2H3. The Kier molecular flexibility index (Phi) is 4.62. The number of piperidine rings is 1. The molecule has 1 heterocycles. The molecule has 0 saturated carbocycles. The van der Waals surface area contributed by atoms with Crippen molar-refractivity contribution in [2.75, 3.05) is 27.2 Å². The van der Waals surface area contributed by atoms with E-state index in [4.69, 9.17) is 4.74 Å². The lowest BCUT2D eigenvalue weighted by molar-refractivity contribution is 0.248. The summed E-state index contributed by atoms with van der Waals surface area (Å²) in [5, 5.41) is 0. The van der Waals surface area contributed by atoms with Crippen LogP contribution in [0.5, 0.6) is 5.75 Å². The number of likely N-dealkylation sites (tertiary alicyclic amines) is 1. The Morgan fingerprint density at radius 2 is 2.00 bits per heavy atom. The Morgan fingerprint density at radius 1 is 1.35 bits per heavy atom. The molecule has 0 unspecified atom stereocenters. The van der Waals surface area contributed by atoms with E-state index in [1.807, 2.05) is 7.05 Å². The first kappa shape index (κ1) is 15.2. The quantitative estimate of drug-likeness (QED) is 0.908. The fraction of sp³-hybridized carbons (Fsp3) is 0.538. The average molecular weight is 302 g/mol. The topological polar surface area (TPSA) is 58.6 Å². The van der Waals surface area contributed by atoms with Crippen molar-refractivity contribution in [1.82, 2.24) is 9.62 Å². The monoisotopic (exact) mass is 302 g/mol. The van der Waals surface area contributed by atoms with Gasteiger partial charge in [0.25, 0.3) is 0 Å². The van der Waals surface area contributed by atoms with Gasteiger partial charge >= 0.3 is 0 Å². The molecular formula is C13H19FN2O3S. The molecule has 0 bridgehead atoms. The molecule has 1 aliphatic heterocycles. The molecule has 0 aromatic heterocycles. The van der Waals surface area contributed by atoms with Crippen LogP contribution in [-0.2, 0) is 10.0 Å². The smallest absolute Gasteiger partial charge is 0.240 e. The molecule has 112 valence electrons. The summed E-state index contributed by atoms with van der Waals surface area (Å²) in [6.45, 7) is 1.70. The lowest BCUT2D eigenvalue weighted by Gasteiger charge is -2.29. The van der Waals surface area contributed by atoms with Gasteiger partial charge in [-0.3, -0.25) is 0 Å². The maximum Gasteiger partial charge on any atom is 0.240 e. The Labute approximate surface area is 118 Å². The zero-order valence-electron chi connectivity index (χ0n) is 11.6. The van der Waals surface area contributed by atoms with Gasteiger partial charge < -0.3 is 9.64 Å². The van der Waals surface area contributed by atoms with Gasteiger partial charge in [-0.15, -0.1) is 0 Å². The largest absolute Gasteiger partial charge is 0.494 e. The molecular weight excluding hydrogens is 283 g/mol. The molecule has 1 saturated heterocycles. The van der Waals surface area contributed by atoms with Crippen LogP contribution in [0.4, 0.5) is 4.39 Å². The number of hydrogen-bond acceptors (Lipinski definition) is 4. The average Bonchev–Trinajstić information content (AvgIpc) is 2.41. The Bertz CT molecular complexity index is 569. The highest BCUT2D eigenvalue weighted by Crippen LogP contribution is 2.21. The number of sulfonamides is 1. The third-order valence-electron chi connectivity index (χ3n) is 3.47. The van der Waals surface area contributed by atoms with Gasteiger partial charge in [-0.2, -0.15) is 0 Å². The summed E-state index contributed by atoms with van der Waals surface area (Å²) in [6, 6.07) is 3.55. The summed E-state index contributed by atoms with van der Waals surface area (Å²) in [5.41, 5.74) is 0. The van der Waals surface area contributed by atoms with Crippen LogP contribution in [-0.4, -0.2) is 46.6 Å². The predicted octanol–water partition coefficient (Wildman–Crippen LogP) is 1.21. The molecule has 0 aliphatic carbocycles. The Balaban J connectivity index is 2.12. The van der Waals surface area contributed by atoms with E-state index >= 15 is 0 Å². The van der Waals surface area contributed by atoms with Crippen molar-refractivity contribution in [3.05, 3.63) is 24.0 Å². The summed E-state index contributed by atoms with van der Waals surface area (Å²) in [5.74, 6) is -0.651. The van der Waals surface area contributed by atoms with Crippen LogP contribution < -0.4 is 9.46 Å². The van der Waals surface area contributed by atoms with E-state index in [1.54, 1.807) is 0 Å². The number of nitrogens with one attached hydrogen (secondary N) is 1. The maximum atomic E-state index is 13.6. The van der Waals surface area contributed by atoms with Crippen LogP contribution in [0.15, 0.2) is 23.1 Å². The molecule has 1 aromatic carbocycles. The number of halogens is 1. The predicted molar refractivity (Wildman–Crippen MR) is 73.8 cm³/mol. The third-order valence-corrected chi connectivity index (χ3v) is 4.99. The van der Waals surface area contributed by atoms with E-state index in [0.717, 1.165) is 32.0 Å². The minimum Gasteiger partial charge on any atom is -0.494 e. The summed E-state index contributed by atoms with van der Waals surface area (Å²) >= 11 is 0. The van der Waals surface area contributed by atoms with E-state index in [9.17, 15) is 12.8 Å². The highest BCUT2D eigenvalue weighted by molar-refractivity contribution is 7.89. The zero-order chi connectivity index (χ0) is 14.8. The SMILES string of the molecule is COc1ccc(S(=O)(=O)NC2CCN(C)CC2)cc1F. The molecule has 1 aromatic rings. The number of benzene rings is 1. The molecule has 5 nitrogen and oxygen atoms in total. The van der Waals surface area contributed by atoms with Gasteiger partial charge in [-0.05, 0) is 51.2 Å². The normalized spacial score (nSPS) is 18.1. The summed E-state index contributed by atoms with van der Waals surface area (Å²) in [4.78, 5) is 2.08. The minimum atomic E-state index is -3.69. The van der Waals surface area contributed by atoms with E-state index < -0.39 is 15.8 Å². The third kappa shape index (κ3) is 3.47. The number of hydrogen-bond donors (Lipinski definition) is 1. The summed E-state index contributed by atoms with van der Waals surface area (Å²) < 4.78 is 45.4. The second-order valence-electron chi connectivity index (χ2n) is 5.00. The van der Waals surface area contributed by atoms with Gasteiger partial charge in [-0.1, -0.05) is 0 Å². The second kappa shape index (κ2) is 6.07. The number of ether oxygens (including phenoxy) is 1. The minimum absolute atomic E-state index is 0.0308. The van der Waals surface area contributed by atoms with Crippen molar-refractivity contribution in [2.45, 2.75) is 23.8 Å². The molecule has 0 atom stereocenters. The summed E-state index contributed by atoms with van der Waals surface area (Å²) in [6.07, 6.45) is 1.52. The highest BCUT2D eigenvalue weighted by Gasteiger charge is 2.24. The van der Waals surface area contributed by atoms with Gasteiger partial charge in [0.15, 0.2) is 11.6 Å². The molecule has 20 heavy (non-hydrogen) atoms. The lowest BCUT2D eigenvalue weighted by Crippen LogP contribution is -2.43. The van der Waals surface area contributed by atoms with Gasteiger partial charge in [0.1, 0.15) is 0 Å². The first-order chi connectivity index (χ1) is 9.42. The molecule has 1 aliphatic rings. The van der Waals surface area contributed by atoms with Gasteiger partial charge in [0.2, 0.25) is 10.0 Å². The van der Waals surface area contributed by atoms with Crippen molar-refractivity contribution in [2.24, 2.45) is 0 Å². The van der Waals surface area contributed by atoms with Crippen LogP contribution in [0.3, 0.4) is 0 Å². The number of nitrogens with zero attached hydrogens (tertiary/aromatic N) is 1. The van der Waals surface area contributed by atoms with Crippen molar-refractivity contribution in [3.63, 3.8) is 0 Å². The van der Waals surface area contributed by atoms with Crippen LogP contribution >= 0.6 is 0 Å². The molecule has 0 amide bonds. The molecule has 1 fully saturated rings. The Hall–Kier alpha value is -1.18. The van der Waals surface area contributed by atoms with E-state index in [1.165, 1.54) is 19.2 Å². The molecule has 0 spiro atoms. The van der Waals surface area contributed by atoms with Gasteiger partial charge in [0, 0.05) is 6.04 Å². The molecule has 0 radical (unpaired) electrons. The number of rotatable bonds is 4. The molecule has 1 N–H and O–H groups in total. The zero-order valence-corrected chi connectivity index (χ0v) is 12.4. The van der Waals surface area contributed by atoms with Crippen molar-refractivity contribution >= 4 is 10.0 Å². The van der Waals surface area contributed by atoms with Gasteiger partial charge in [0.05, 0.1) is 12.0 Å². The first-order valence-corrected chi connectivity index (χ1v) is 7.95. The van der Waals surface area contributed by atoms with Crippen molar-refractivity contribution in [3.8, 4) is 5.75 Å². The van der Waals surface area contributed by atoms with Crippen molar-refractivity contribution < 1.29 is 17.5 Å². The first-order valence-electron chi connectivity index (χ1n) is 6.47. The van der Waals surface area contributed by atoms with Crippen LogP contribution in [0, 0.1) is 5.82 Å². The van der Waals surface area contributed by atoms with Crippen molar-refractivity contribution in [1.29, 1.82) is 0 Å². The molecule has 7 heteroatoms. The summed E-state index contributed by atoms with van der Waals surface area (Å²) in [7, 11) is -0.349. The maximum absolute atomic E-state index is 13.6. The van der Waals surface area contributed by atoms with Crippen LogP contribution in [0.1, 0.15) is 12.8 Å². The lowest BCUT2D eigenvalue weighted by atomic mass is 10.1. The number of methoxy groups -OCH3 is 1. The fourth-order valence-electron chi connectivity index (χ4n) is 2.23. The van der Waals surface area contributed by atoms with Gasteiger partial charge in [-0.25, -0.2) is 17.5 Å². The highest BCUT2D eigenvalue weighted by atomic mass is 32.2.